The first-order chi connectivity index (χ1) is 3.81. The third kappa shape index (κ3) is 3.62. The molecule has 0 aliphatic carbocycles. The molecule has 8 heavy (non-hydrogen) atoms. The normalized spacial score (nSPS) is 14.2. The van der Waals surface area contributed by atoms with Crippen LogP contribution in [-0.4, -0.2) is 6.61 Å². The van der Waals surface area contributed by atoms with Crippen LogP contribution in [0.25, 0.3) is 0 Å². The van der Waals surface area contributed by atoms with E-state index in [4.69, 9.17) is 0 Å². The van der Waals surface area contributed by atoms with Crippen LogP contribution in [0.5, 0.6) is 0 Å². The minimum atomic E-state index is -0.0374. The van der Waals surface area contributed by atoms with Crippen molar-refractivity contribution < 1.29 is 5.11 Å². The highest BCUT2D eigenvalue weighted by Gasteiger charge is 1.89. The van der Waals surface area contributed by atoms with Crippen molar-refractivity contribution in [1.82, 2.24) is 0 Å². The molecule has 0 aliphatic heterocycles. The fraction of sp³-hybridized carbons (Fsp3) is 0.429. The number of hydrogen-bond donors (Lipinski definition) is 0. The molecule has 0 aromatic heterocycles. The fourth-order valence-corrected chi connectivity index (χ4v) is 0.324. The van der Waals surface area contributed by atoms with E-state index in [-0.39, 0.29) is 12.5 Å². The summed E-state index contributed by atoms with van der Waals surface area (Å²) in [6.07, 6.45) is 5.31. The zero-order valence-electron chi connectivity index (χ0n) is 5.13. The third-order valence-corrected chi connectivity index (χ3v) is 0.839. The summed E-state index contributed by atoms with van der Waals surface area (Å²) in [5, 5.41) is 10.1. The van der Waals surface area contributed by atoms with Crippen molar-refractivity contribution in [3.63, 3.8) is 0 Å². The number of allylic oxidation sites excluding steroid dienone is 2. The molecule has 45 valence electrons. The zero-order chi connectivity index (χ0) is 6.41. The molecule has 1 atom stereocenters. The molecule has 0 bridgehead atoms. The first-order valence-corrected chi connectivity index (χ1v) is 2.68. The van der Waals surface area contributed by atoms with Crippen LogP contribution in [0.3, 0.4) is 0 Å². The third-order valence-electron chi connectivity index (χ3n) is 0.839. The van der Waals surface area contributed by atoms with Gasteiger partial charge in [0.2, 0.25) is 0 Å². The van der Waals surface area contributed by atoms with Gasteiger partial charge in [0.1, 0.15) is 0 Å². The van der Waals surface area contributed by atoms with Gasteiger partial charge < -0.3 is 0 Å². The van der Waals surface area contributed by atoms with Crippen LogP contribution >= 0.6 is 0 Å². The number of hydrogen-bond acceptors (Lipinski definition) is 0. The van der Waals surface area contributed by atoms with E-state index in [2.05, 4.69) is 6.58 Å². The Hall–Kier alpha value is -0.560. The van der Waals surface area contributed by atoms with Crippen LogP contribution in [0.15, 0.2) is 24.8 Å². The minimum Gasteiger partial charge on any atom is -0.236 e. The summed E-state index contributed by atoms with van der Waals surface area (Å²) >= 11 is 0. The second-order valence-corrected chi connectivity index (χ2v) is 1.76. The molecule has 0 aromatic carbocycles. The van der Waals surface area contributed by atoms with Gasteiger partial charge >= 0.3 is 0 Å². The summed E-state index contributed by atoms with van der Waals surface area (Å²) in [6.45, 7) is 5.32. The van der Waals surface area contributed by atoms with E-state index in [1.807, 2.05) is 13.0 Å². The van der Waals surface area contributed by atoms with E-state index in [0.29, 0.717) is 0 Å². The fourth-order valence-electron chi connectivity index (χ4n) is 0.324. The molecule has 0 saturated carbocycles. The van der Waals surface area contributed by atoms with Crippen LogP contribution in [-0.2, 0) is 5.11 Å². The van der Waals surface area contributed by atoms with Gasteiger partial charge in [-0.2, -0.15) is 0 Å². The molecule has 1 radical (unpaired) electrons. The molecular weight excluding hydrogens is 100 g/mol. The summed E-state index contributed by atoms with van der Waals surface area (Å²) in [7, 11) is 0. The van der Waals surface area contributed by atoms with Crippen LogP contribution in [0, 0.1) is 5.92 Å². The van der Waals surface area contributed by atoms with Crippen molar-refractivity contribution >= 4 is 0 Å². The SMILES string of the molecule is C=C/C=C/C(C)C[O]. The quantitative estimate of drug-likeness (QED) is 0.495. The predicted molar refractivity (Wildman–Crippen MR) is 34.1 cm³/mol. The maximum absolute atomic E-state index is 10.1. The molecular formula is C7H11O. The van der Waals surface area contributed by atoms with Crippen molar-refractivity contribution in [2.24, 2.45) is 5.92 Å². The molecule has 0 saturated heterocycles. The minimum absolute atomic E-state index is 0.0374. The van der Waals surface area contributed by atoms with Crippen LogP contribution in [0.1, 0.15) is 6.92 Å². The molecule has 0 aromatic rings. The summed E-state index contributed by atoms with van der Waals surface area (Å²) in [5.74, 6) is 0.146. The van der Waals surface area contributed by atoms with Crippen LogP contribution in [0.4, 0.5) is 0 Å². The lowest BCUT2D eigenvalue weighted by atomic mass is 10.2. The van der Waals surface area contributed by atoms with E-state index in [1.54, 1.807) is 12.2 Å². The summed E-state index contributed by atoms with van der Waals surface area (Å²) in [4.78, 5) is 0. The zero-order valence-corrected chi connectivity index (χ0v) is 5.13. The Morgan fingerprint density at radius 1 is 1.75 bits per heavy atom. The Labute approximate surface area is 50.3 Å². The maximum Gasteiger partial charge on any atom is 0.0882 e. The average Bonchev–Trinajstić information content (AvgIpc) is 1.83. The van der Waals surface area contributed by atoms with E-state index in [0.717, 1.165) is 0 Å². The smallest absolute Gasteiger partial charge is 0.0882 e. The molecule has 1 nitrogen and oxygen atoms in total. The van der Waals surface area contributed by atoms with Gasteiger partial charge in [-0.25, -0.2) is 5.11 Å². The van der Waals surface area contributed by atoms with Gasteiger partial charge in [-0.3, -0.25) is 0 Å². The molecule has 0 N–H and O–H groups in total. The molecule has 1 heteroatoms. The second kappa shape index (κ2) is 4.60. The monoisotopic (exact) mass is 111 g/mol. The van der Waals surface area contributed by atoms with Gasteiger partial charge in [-0.15, -0.1) is 0 Å². The lowest BCUT2D eigenvalue weighted by molar-refractivity contribution is 0.168. The van der Waals surface area contributed by atoms with Crippen LogP contribution < -0.4 is 0 Å². The standard InChI is InChI=1S/C7H11O/c1-3-4-5-7(2)6-8/h3-5,7H,1,6H2,2H3/b5-4+. The van der Waals surface area contributed by atoms with Gasteiger partial charge in [0.05, 0.1) is 6.61 Å². The Morgan fingerprint density at radius 3 is 2.75 bits per heavy atom. The Bertz CT molecular complexity index is 84.4. The van der Waals surface area contributed by atoms with Gasteiger partial charge in [-0.05, 0) is 0 Å². The van der Waals surface area contributed by atoms with E-state index in [1.165, 1.54) is 0 Å². The molecule has 0 heterocycles. The van der Waals surface area contributed by atoms with Gasteiger partial charge in [-0.1, -0.05) is 31.7 Å². The highest BCUT2D eigenvalue weighted by atomic mass is 16.3. The Balaban J connectivity index is 3.35. The van der Waals surface area contributed by atoms with Crippen LogP contribution in [0.2, 0.25) is 0 Å². The summed E-state index contributed by atoms with van der Waals surface area (Å²) in [6, 6.07) is 0. The molecule has 1 unspecified atom stereocenters. The Kier molecular flexibility index (Phi) is 4.27. The molecule has 0 spiro atoms. The van der Waals surface area contributed by atoms with Gasteiger partial charge in [0.25, 0.3) is 0 Å². The van der Waals surface area contributed by atoms with Crippen molar-refractivity contribution in [1.29, 1.82) is 0 Å². The molecule has 0 rings (SSSR count). The van der Waals surface area contributed by atoms with Crippen molar-refractivity contribution in [2.75, 3.05) is 6.61 Å². The van der Waals surface area contributed by atoms with E-state index in [9.17, 15) is 5.11 Å². The highest BCUT2D eigenvalue weighted by molar-refractivity contribution is 4.98. The topological polar surface area (TPSA) is 19.9 Å². The largest absolute Gasteiger partial charge is 0.236 e. The molecule has 0 amide bonds. The van der Waals surface area contributed by atoms with E-state index < -0.39 is 0 Å². The lowest BCUT2D eigenvalue weighted by Gasteiger charge is -1.93. The first kappa shape index (κ1) is 7.44. The Morgan fingerprint density at radius 2 is 2.38 bits per heavy atom. The average molecular weight is 111 g/mol. The highest BCUT2D eigenvalue weighted by Crippen LogP contribution is 1.93. The van der Waals surface area contributed by atoms with Gasteiger partial charge in [0, 0.05) is 5.92 Å². The maximum atomic E-state index is 10.1. The lowest BCUT2D eigenvalue weighted by Crippen LogP contribution is -1.92. The first-order valence-electron chi connectivity index (χ1n) is 2.68. The molecule has 0 fully saturated rings. The summed E-state index contributed by atoms with van der Waals surface area (Å²) < 4.78 is 0. The van der Waals surface area contributed by atoms with E-state index >= 15 is 0 Å². The predicted octanol–water partition coefficient (Wildman–Crippen LogP) is 1.80. The molecule has 0 aliphatic rings. The number of rotatable bonds is 3. The van der Waals surface area contributed by atoms with Crippen molar-refractivity contribution in [3.8, 4) is 0 Å². The van der Waals surface area contributed by atoms with Crippen molar-refractivity contribution in [3.05, 3.63) is 24.8 Å². The summed E-state index contributed by atoms with van der Waals surface area (Å²) in [5.41, 5.74) is 0. The second-order valence-electron chi connectivity index (χ2n) is 1.76. The van der Waals surface area contributed by atoms with Gasteiger partial charge in [0.15, 0.2) is 0 Å². The van der Waals surface area contributed by atoms with Crippen molar-refractivity contribution in [2.45, 2.75) is 6.92 Å².